The number of aromatic nitrogens is 3. The number of carbonyl (C=O) groups excluding carboxylic acids is 1. The molecule has 5 nitrogen and oxygen atoms in total. The standard InChI is InChI=1S/C7H10ClN3O2/c1-3-13-7(12)6-9-5(4-8)10-11(6)2/h3-4H2,1-2H3. The number of halogens is 1. The number of rotatable bonds is 3. The number of ether oxygens (including phenoxy) is 1. The molecule has 0 spiro atoms. The lowest BCUT2D eigenvalue weighted by Crippen LogP contribution is -2.11. The Kier molecular flexibility index (Phi) is 3.25. The SMILES string of the molecule is CCOC(=O)c1nc(CCl)nn1C. The Labute approximate surface area is 80.7 Å². The molecule has 6 heteroatoms. The first-order valence-electron chi connectivity index (χ1n) is 3.82. The number of hydrogen-bond donors (Lipinski definition) is 0. The fourth-order valence-electron chi connectivity index (χ4n) is 0.867. The van der Waals surface area contributed by atoms with E-state index in [2.05, 4.69) is 10.1 Å². The van der Waals surface area contributed by atoms with Gasteiger partial charge in [0.15, 0.2) is 5.82 Å². The molecule has 0 atom stereocenters. The predicted molar refractivity (Wildman–Crippen MR) is 46.5 cm³/mol. The zero-order valence-corrected chi connectivity index (χ0v) is 8.21. The van der Waals surface area contributed by atoms with Gasteiger partial charge in [0.2, 0.25) is 5.82 Å². The minimum absolute atomic E-state index is 0.178. The summed E-state index contributed by atoms with van der Waals surface area (Å²) >= 11 is 5.50. The van der Waals surface area contributed by atoms with Gasteiger partial charge in [0.05, 0.1) is 12.5 Å². The molecule has 0 saturated carbocycles. The molecule has 0 aliphatic rings. The zero-order valence-electron chi connectivity index (χ0n) is 7.45. The average molecular weight is 204 g/mol. The summed E-state index contributed by atoms with van der Waals surface area (Å²) in [6.07, 6.45) is 0. The highest BCUT2D eigenvalue weighted by atomic mass is 35.5. The van der Waals surface area contributed by atoms with Crippen molar-refractivity contribution in [3.8, 4) is 0 Å². The lowest BCUT2D eigenvalue weighted by Gasteiger charge is -1.98. The van der Waals surface area contributed by atoms with E-state index in [9.17, 15) is 4.79 Å². The lowest BCUT2D eigenvalue weighted by atomic mass is 10.6. The first kappa shape index (κ1) is 9.98. The van der Waals surface area contributed by atoms with Crippen molar-refractivity contribution in [2.45, 2.75) is 12.8 Å². The second-order valence-corrected chi connectivity index (χ2v) is 2.60. The van der Waals surface area contributed by atoms with Gasteiger partial charge in [-0.2, -0.15) is 5.10 Å². The van der Waals surface area contributed by atoms with Crippen LogP contribution in [0.3, 0.4) is 0 Å². The molecule has 0 bridgehead atoms. The summed E-state index contributed by atoms with van der Waals surface area (Å²) < 4.78 is 6.12. The van der Waals surface area contributed by atoms with E-state index in [1.54, 1.807) is 14.0 Å². The van der Waals surface area contributed by atoms with Crippen LogP contribution in [0.1, 0.15) is 23.4 Å². The fourth-order valence-corrected chi connectivity index (χ4v) is 0.981. The quantitative estimate of drug-likeness (QED) is 0.537. The Morgan fingerprint density at radius 3 is 2.85 bits per heavy atom. The third kappa shape index (κ3) is 2.18. The first-order chi connectivity index (χ1) is 6.19. The number of nitrogens with zero attached hydrogens (tertiary/aromatic N) is 3. The smallest absolute Gasteiger partial charge is 0.376 e. The van der Waals surface area contributed by atoms with Gasteiger partial charge in [-0.05, 0) is 6.92 Å². The van der Waals surface area contributed by atoms with Crippen molar-refractivity contribution in [2.24, 2.45) is 7.05 Å². The molecule has 1 rings (SSSR count). The molecule has 0 radical (unpaired) electrons. The molecule has 0 saturated heterocycles. The fraction of sp³-hybridized carbons (Fsp3) is 0.571. The molecule has 0 fully saturated rings. The Morgan fingerprint density at radius 2 is 2.38 bits per heavy atom. The molecule has 0 amide bonds. The molecule has 0 aliphatic heterocycles. The highest BCUT2D eigenvalue weighted by Crippen LogP contribution is 2.01. The maximum absolute atomic E-state index is 11.2. The van der Waals surface area contributed by atoms with Crippen LogP contribution in [0.15, 0.2) is 0 Å². The van der Waals surface area contributed by atoms with Crippen LogP contribution in [0.25, 0.3) is 0 Å². The van der Waals surface area contributed by atoms with Crippen LogP contribution in [-0.4, -0.2) is 27.3 Å². The number of esters is 1. The van der Waals surface area contributed by atoms with Gasteiger partial charge < -0.3 is 4.74 Å². The van der Waals surface area contributed by atoms with E-state index in [0.29, 0.717) is 12.4 Å². The van der Waals surface area contributed by atoms with E-state index in [1.165, 1.54) is 4.68 Å². The van der Waals surface area contributed by atoms with E-state index in [-0.39, 0.29) is 11.7 Å². The van der Waals surface area contributed by atoms with Crippen molar-refractivity contribution in [3.63, 3.8) is 0 Å². The number of alkyl halides is 1. The summed E-state index contributed by atoms with van der Waals surface area (Å²) in [5.74, 6) is 0.311. The van der Waals surface area contributed by atoms with Crippen LogP contribution in [0.2, 0.25) is 0 Å². The van der Waals surface area contributed by atoms with E-state index in [1.807, 2.05) is 0 Å². The van der Waals surface area contributed by atoms with Gasteiger partial charge in [-0.1, -0.05) is 0 Å². The Hall–Kier alpha value is -1.10. The number of aryl methyl sites for hydroxylation is 1. The average Bonchev–Trinajstić information content (AvgIpc) is 2.47. The van der Waals surface area contributed by atoms with Gasteiger partial charge in [-0.15, -0.1) is 11.6 Å². The van der Waals surface area contributed by atoms with Crippen molar-refractivity contribution >= 4 is 17.6 Å². The Morgan fingerprint density at radius 1 is 1.69 bits per heavy atom. The summed E-state index contributed by atoms with van der Waals surface area (Å²) in [6.45, 7) is 2.05. The van der Waals surface area contributed by atoms with Crippen LogP contribution < -0.4 is 0 Å². The minimum atomic E-state index is -0.478. The maximum atomic E-state index is 11.2. The van der Waals surface area contributed by atoms with Gasteiger partial charge in [0.1, 0.15) is 0 Å². The molecule has 0 aliphatic carbocycles. The molecule has 1 aromatic heterocycles. The monoisotopic (exact) mass is 203 g/mol. The second kappa shape index (κ2) is 4.23. The van der Waals surface area contributed by atoms with E-state index >= 15 is 0 Å². The van der Waals surface area contributed by atoms with Gasteiger partial charge in [-0.25, -0.2) is 14.5 Å². The Balaban J connectivity index is 2.87. The van der Waals surface area contributed by atoms with Gasteiger partial charge >= 0.3 is 5.97 Å². The lowest BCUT2D eigenvalue weighted by molar-refractivity contribution is 0.0506. The van der Waals surface area contributed by atoms with Crippen molar-refractivity contribution in [1.29, 1.82) is 0 Å². The molecule has 0 aromatic carbocycles. The zero-order chi connectivity index (χ0) is 9.84. The van der Waals surface area contributed by atoms with Crippen molar-refractivity contribution in [1.82, 2.24) is 14.8 Å². The van der Waals surface area contributed by atoms with Crippen molar-refractivity contribution in [3.05, 3.63) is 11.6 Å². The molecule has 0 unspecified atom stereocenters. The van der Waals surface area contributed by atoms with E-state index < -0.39 is 5.97 Å². The summed E-state index contributed by atoms with van der Waals surface area (Å²) in [7, 11) is 1.62. The molecule has 0 N–H and O–H groups in total. The summed E-state index contributed by atoms with van der Waals surface area (Å²) in [6, 6.07) is 0. The highest BCUT2D eigenvalue weighted by Gasteiger charge is 2.15. The van der Waals surface area contributed by atoms with Crippen LogP contribution in [0.4, 0.5) is 0 Å². The number of hydrogen-bond acceptors (Lipinski definition) is 4. The Bertz CT molecular complexity index is 311. The third-order valence-corrected chi connectivity index (χ3v) is 1.62. The van der Waals surface area contributed by atoms with E-state index in [0.717, 1.165) is 0 Å². The summed E-state index contributed by atoms with van der Waals surface area (Å²) in [5.41, 5.74) is 0. The topological polar surface area (TPSA) is 57.0 Å². The highest BCUT2D eigenvalue weighted by molar-refractivity contribution is 6.16. The molecule has 1 heterocycles. The van der Waals surface area contributed by atoms with Gasteiger partial charge in [0, 0.05) is 7.05 Å². The minimum Gasteiger partial charge on any atom is -0.460 e. The maximum Gasteiger partial charge on any atom is 0.376 e. The summed E-state index contributed by atoms with van der Waals surface area (Å²) in [4.78, 5) is 15.1. The first-order valence-corrected chi connectivity index (χ1v) is 4.35. The number of carbonyl (C=O) groups is 1. The normalized spacial score (nSPS) is 10.1. The molecule has 72 valence electrons. The molecular weight excluding hydrogens is 194 g/mol. The van der Waals surface area contributed by atoms with Gasteiger partial charge in [-0.3, -0.25) is 0 Å². The molecule has 13 heavy (non-hydrogen) atoms. The molecule has 1 aromatic rings. The van der Waals surface area contributed by atoms with Crippen LogP contribution in [0, 0.1) is 0 Å². The summed E-state index contributed by atoms with van der Waals surface area (Å²) in [5, 5.41) is 3.91. The van der Waals surface area contributed by atoms with Crippen LogP contribution in [-0.2, 0) is 17.7 Å². The van der Waals surface area contributed by atoms with Crippen molar-refractivity contribution in [2.75, 3.05) is 6.61 Å². The largest absolute Gasteiger partial charge is 0.460 e. The second-order valence-electron chi connectivity index (χ2n) is 2.33. The van der Waals surface area contributed by atoms with Crippen LogP contribution >= 0.6 is 11.6 Å². The third-order valence-electron chi connectivity index (χ3n) is 1.38. The van der Waals surface area contributed by atoms with Gasteiger partial charge in [0.25, 0.3) is 0 Å². The van der Waals surface area contributed by atoms with E-state index in [4.69, 9.17) is 16.3 Å². The van der Waals surface area contributed by atoms with Crippen molar-refractivity contribution < 1.29 is 9.53 Å². The molecular formula is C7H10ClN3O2. The predicted octanol–water partition coefficient (Wildman–Crippen LogP) is 0.731. The van der Waals surface area contributed by atoms with Crippen LogP contribution in [0.5, 0.6) is 0 Å².